The molecule has 0 aromatic heterocycles. The molecule has 28 heavy (non-hydrogen) atoms. The summed E-state index contributed by atoms with van der Waals surface area (Å²) >= 11 is 12.2. The van der Waals surface area contributed by atoms with Gasteiger partial charge >= 0.3 is 0 Å². The van der Waals surface area contributed by atoms with Gasteiger partial charge in [-0.2, -0.15) is 0 Å². The monoisotopic (exact) mass is 444 g/mol. The Morgan fingerprint density at radius 3 is 2.46 bits per heavy atom. The predicted molar refractivity (Wildman–Crippen MR) is 111 cm³/mol. The number of carbonyl (C=O) groups excluding carboxylic acids is 1. The van der Waals surface area contributed by atoms with Crippen LogP contribution in [0.5, 0.6) is 5.75 Å². The molecule has 0 fully saturated rings. The normalized spacial score (nSPS) is 11.5. The molecule has 0 heterocycles. The van der Waals surface area contributed by atoms with Gasteiger partial charge in [-0.1, -0.05) is 23.2 Å². The van der Waals surface area contributed by atoms with Crippen molar-refractivity contribution in [3.8, 4) is 5.75 Å². The maximum absolute atomic E-state index is 12.9. The Morgan fingerprint density at radius 1 is 1.18 bits per heavy atom. The van der Waals surface area contributed by atoms with Crippen molar-refractivity contribution in [2.75, 3.05) is 14.2 Å². The number of rotatable bonds is 7. The SMILES string of the molecule is COc1ccc(Cl)cc1CN(C)C(=O)c1cc(S(=O)(=O)NC(C)C)ccc1Cl. The van der Waals surface area contributed by atoms with Crippen molar-refractivity contribution in [2.24, 2.45) is 0 Å². The molecule has 0 aliphatic heterocycles. The van der Waals surface area contributed by atoms with Crippen LogP contribution in [0, 0.1) is 0 Å². The van der Waals surface area contributed by atoms with E-state index in [9.17, 15) is 13.2 Å². The minimum atomic E-state index is -3.75. The van der Waals surface area contributed by atoms with E-state index in [0.29, 0.717) is 16.3 Å². The van der Waals surface area contributed by atoms with Crippen LogP contribution in [-0.2, 0) is 16.6 Å². The van der Waals surface area contributed by atoms with Crippen LogP contribution >= 0.6 is 23.2 Å². The summed E-state index contributed by atoms with van der Waals surface area (Å²) in [6.07, 6.45) is 0. The second kappa shape index (κ2) is 9.13. The van der Waals surface area contributed by atoms with E-state index in [1.807, 2.05) is 0 Å². The molecule has 0 saturated carbocycles. The molecule has 1 N–H and O–H groups in total. The molecule has 0 aliphatic carbocycles. The van der Waals surface area contributed by atoms with Gasteiger partial charge in [0.15, 0.2) is 0 Å². The van der Waals surface area contributed by atoms with Crippen LogP contribution in [0.3, 0.4) is 0 Å². The lowest BCUT2D eigenvalue weighted by Crippen LogP contribution is -2.31. The fraction of sp³-hybridized carbons (Fsp3) is 0.316. The summed E-state index contributed by atoms with van der Waals surface area (Å²) in [4.78, 5) is 14.3. The second-order valence-corrected chi connectivity index (χ2v) is 9.09. The van der Waals surface area contributed by atoms with E-state index in [-0.39, 0.29) is 28.1 Å². The average Bonchev–Trinajstić information content (AvgIpc) is 2.60. The van der Waals surface area contributed by atoms with Crippen LogP contribution in [-0.4, -0.2) is 39.4 Å². The van der Waals surface area contributed by atoms with Gasteiger partial charge in [0.25, 0.3) is 5.91 Å². The van der Waals surface area contributed by atoms with Crippen molar-refractivity contribution in [2.45, 2.75) is 31.3 Å². The number of benzene rings is 2. The maximum atomic E-state index is 12.9. The number of sulfonamides is 1. The number of hydrogen-bond acceptors (Lipinski definition) is 4. The van der Waals surface area contributed by atoms with E-state index in [1.54, 1.807) is 39.1 Å². The topological polar surface area (TPSA) is 75.7 Å². The van der Waals surface area contributed by atoms with E-state index in [1.165, 1.54) is 30.2 Å². The number of nitrogens with zero attached hydrogens (tertiary/aromatic N) is 1. The summed E-state index contributed by atoms with van der Waals surface area (Å²) in [5.41, 5.74) is 0.809. The third kappa shape index (κ3) is 5.38. The van der Waals surface area contributed by atoms with E-state index < -0.39 is 15.9 Å². The molecule has 0 atom stereocenters. The molecule has 0 unspecified atom stereocenters. The first-order valence-electron chi connectivity index (χ1n) is 8.45. The smallest absolute Gasteiger partial charge is 0.255 e. The lowest BCUT2D eigenvalue weighted by molar-refractivity contribution is 0.0784. The molecule has 0 aliphatic rings. The lowest BCUT2D eigenvalue weighted by Gasteiger charge is -2.20. The summed E-state index contributed by atoms with van der Waals surface area (Å²) in [6, 6.07) is 8.88. The molecule has 6 nitrogen and oxygen atoms in total. The zero-order valence-corrected chi connectivity index (χ0v) is 18.3. The van der Waals surface area contributed by atoms with Gasteiger partial charge in [-0.15, -0.1) is 0 Å². The highest BCUT2D eigenvalue weighted by molar-refractivity contribution is 7.89. The first kappa shape index (κ1) is 22.5. The number of methoxy groups -OCH3 is 1. The van der Waals surface area contributed by atoms with Gasteiger partial charge < -0.3 is 9.64 Å². The third-order valence-electron chi connectivity index (χ3n) is 3.87. The van der Waals surface area contributed by atoms with Crippen LogP contribution < -0.4 is 9.46 Å². The second-order valence-electron chi connectivity index (χ2n) is 6.54. The molecule has 152 valence electrons. The number of nitrogens with one attached hydrogen (secondary N) is 1. The fourth-order valence-corrected chi connectivity index (χ4v) is 4.29. The van der Waals surface area contributed by atoms with Crippen LogP contribution in [0.4, 0.5) is 0 Å². The third-order valence-corrected chi connectivity index (χ3v) is 6.09. The van der Waals surface area contributed by atoms with Crippen molar-refractivity contribution in [3.05, 3.63) is 57.6 Å². The van der Waals surface area contributed by atoms with E-state index in [4.69, 9.17) is 27.9 Å². The fourth-order valence-electron chi connectivity index (χ4n) is 2.62. The molecule has 2 aromatic carbocycles. The summed E-state index contributed by atoms with van der Waals surface area (Å²) < 4.78 is 32.6. The summed E-state index contributed by atoms with van der Waals surface area (Å²) in [7, 11) is -0.631. The largest absolute Gasteiger partial charge is 0.496 e. The van der Waals surface area contributed by atoms with Crippen molar-refractivity contribution in [1.29, 1.82) is 0 Å². The van der Waals surface area contributed by atoms with Gasteiger partial charge in [-0.05, 0) is 50.2 Å². The Hall–Kier alpha value is -1.80. The van der Waals surface area contributed by atoms with E-state index in [2.05, 4.69) is 4.72 Å². The zero-order valence-electron chi connectivity index (χ0n) is 16.0. The number of carbonyl (C=O) groups is 1. The van der Waals surface area contributed by atoms with Crippen LogP contribution in [0.15, 0.2) is 41.3 Å². The minimum Gasteiger partial charge on any atom is -0.496 e. The van der Waals surface area contributed by atoms with Gasteiger partial charge in [-0.3, -0.25) is 4.79 Å². The number of halogens is 2. The highest BCUT2D eigenvalue weighted by Gasteiger charge is 2.22. The summed E-state index contributed by atoms with van der Waals surface area (Å²) in [5.74, 6) is 0.168. The molecule has 0 spiro atoms. The Morgan fingerprint density at radius 2 is 1.86 bits per heavy atom. The van der Waals surface area contributed by atoms with Crippen molar-refractivity contribution >= 4 is 39.1 Å². The van der Waals surface area contributed by atoms with Gasteiger partial charge in [0.1, 0.15) is 5.75 Å². The quantitative estimate of drug-likeness (QED) is 0.700. The Balaban J connectivity index is 2.33. The minimum absolute atomic E-state index is 0.0253. The Labute approximate surface area is 175 Å². The number of ether oxygens (including phenoxy) is 1. The van der Waals surface area contributed by atoms with E-state index >= 15 is 0 Å². The highest BCUT2D eigenvalue weighted by Crippen LogP contribution is 2.26. The number of amides is 1. The lowest BCUT2D eigenvalue weighted by atomic mass is 10.1. The van der Waals surface area contributed by atoms with Crippen molar-refractivity contribution in [3.63, 3.8) is 0 Å². The molecule has 0 radical (unpaired) electrons. The first-order chi connectivity index (χ1) is 13.0. The molecular weight excluding hydrogens is 423 g/mol. The van der Waals surface area contributed by atoms with Crippen LogP contribution in [0.25, 0.3) is 0 Å². The summed E-state index contributed by atoms with van der Waals surface area (Å²) in [6.45, 7) is 3.64. The Bertz CT molecular complexity index is 978. The molecule has 9 heteroatoms. The molecule has 1 amide bonds. The standard InChI is InChI=1S/C19H22Cl2N2O4S/c1-12(2)22-28(25,26)15-6-7-17(21)16(10-15)19(24)23(3)11-13-9-14(20)5-8-18(13)27-4/h5-10,12,22H,11H2,1-4H3. The van der Waals surface area contributed by atoms with Gasteiger partial charge in [0.2, 0.25) is 10.0 Å². The van der Waals surface area contributed by atoms with Crippen LogP contribution in [0.1, 0.15) is 29.8 Å². The Kier molecular flexibility index (Phi) is 7.33. The zero-order chi connectivity index (χ0) is 21.1. The highest BCUT2D eigenvalue weighted by atomic mass is 35.5. The maximum Gasteiger partial charge on any atom is 0.255 e. The van der Waals surface area contributed by atoms with Crippen molar-refractivity contribution < 1.29 is 17.9 Å². The molecule has 0 saturated heterocycles. The van der Waals surface area contributed by atoms with Gasteiger partial charge in [-0.25, -0.2) is 13.1 Å². The van der Waals surface area contributed by atoms with Gasteiger partial charge in [0, 0.05) is 30.2 Å². The van der Waals surface area contributed by atoms with E-state index in [0.717, 1.165) is 0 Å². The van der Waals surface area contributed by atoms with Crippen molar-refractivity contribution in [1.82, 2.24) is 9.62 Å². The first-order valence-corrected chi connectivity index (χ1v) is 10.7. The summed E-state index contributed by atoms with van der Waals surface area (Å²) in [5, 5.41) is 0.681. The number of hydrogen-bond donors (Lipinski definition) is 1. The molecule has 0 bridgehead atoms. The molecular formula is C19H22Cl2N2O4S. The molecule has 2 aromatic rings. The predicted octanol–water partition coefficient (Wildman–Crippen LogP) is 3.96. The molecule has 2 rings (SSSR count). The van der Waals surface area contributed by atoms with Crippen LogP contribution in [0.2, 0.25) is 10.0 Å². The average molecular weight is 445 g/mol. The van der Waals surface area contributed by atoms with Gasteiger partial charge in [0.05, 0.1) is 22.6 Å².